The Labute approximate surface area is 88.2 Å². The van der Waals surface area contributed by atoms with Gasteiger partial charge in [0, 0.05) is 12.1 Å². The van der Waals surface area contributed by atoms with Crippen molar-refractivity contribution in [3.63, 3.8) is 0 Å². The van der Waals surface area contributed by atoms with Gasteiger partial charge in [0.1, 0.15) is 0 Å². The Bertz CT molecular complexity index is 208. The normalized spacial score (nSPS) is 25.4. The first-order valence-corrected chi connectivity index (χ1v) is 5.80. The van der Waals surface area contributed by atoms with Gasteiger partial charge < -0.3 is 4.90 Å². The molecule has 2 nitrogen and oxygen atoms in total. The van der Waals surface area contributed by atoms with Crippen LogP contribution < -0.4 is 0 Å². The highest BCUT2D eigenvalue weighted by Crippen LogP contribution is 2.35. The van der Waals surface area contributed by atoms with E-state index in [4.69, 9.17) is 5.41 Å². The molecule has 1 aliphatic rings. The largest absolute Gasteiger partial charge is 0.355 e. The molecule has 0 aromatic heterocycles. The molecular formula is C12H24N2. The molecule has 1 atom stereocenters. The molecular weight excluding hydrogens is 172 g/mol. The van der Waals surface area contributed by atoms with Crippen LogP contribution in [-0.2, 0) is 0 Å². The molecule has 1 saturated heterocycles. The molecule has 1 aliphatic heterocycles. The van der Waals surface area contributed by atoms with Crippen molar-refractivity contribution >= 4 is 5.84 Å². The Hall–Kier alpha value is -0.530. The lowest BCUT2D eigenvalue weighted by Crippen LogP contribution is -2.40. The minimum absolute atomic E-state index is 0.213. The fourth-order valence-electron chi connectivity index (χ4n) is 2.66. The summed E-state index contributed by atoms with van der Waals surface area (Å²) in [7, 11) is 0. The number of nitrogens with one attached hydrogen (secondary N) is 1. The highest BCUT2D eigenvalue weighted by molar-refractivity contribution is 5.77. The molecule has 1 N–H and O–H groups in total. The third-order valence-corrected chi connectivity index (χ3v) is 3.33. The van der Waals surface area contributed by atoms with E-state index in [-0.39, 0.29) is 5.54 Å². The fraction of sp³-hybridized carbons (Fsp3) is 0.917. The van der Waals surface area contributed by atoms with Gasteiger partial charge in [0.05, 0.1) is 5.84 Å². The van der Waals surface area contributed by atoms with Crippen LogP contribution in [0.2, 0.25) is 0 Å². The first-order chi connectivity index (χ1) is 6.47. The molecule has 14 heavy (non-hydrogen) atoms. The third kappa shape index (κ3) is 2.49. The highest BCUT2D eigenvalue weighted by Gasteiger charge is 2.37. The average molecular weight is 196 g/mol. The summed E-state index contributed by atoms with van der Waals surface area (Å²) >= 11 is 0. The van der Waals surface area contributed by atoms with Crippen LogP contribution in [0, 0.1) is 11.3 Å². The summed E-state index contributed by atoms with van der Waals surface area (Å²) in [5.74, 6) is 1.54. The van der Waals surface area contributed by atoms with Gasteiger partial charge in [-0.05, 0) is 39.5 Å². The predicted molar refractivity (Wildman–Crippen MR) is 61.8 cm³/mol. The Morgan fingerprint density at radius 3 is 2.57 bits per heavy atom. The van der Waals surface area contributed by atoms with Crippen molar-refractivity contribution in [2.75, 3.05) is 6.54 Å². The first-order valence-electron chi connectivity index (χ1n) is 5.80. The van der Waals surface area contributed by atoms with Gasteiger partial charge in [-0.15, -0.1) is 0 Å². The molecule has 0 spiro atoms. The van der Waals surface area contributed by atoms with E-state index in [1.165, 1.54) is 25.7 Å². The summed E-state index contributed by atoms with van der Waals surface area (Å²) in [6.45, 7) is 9.78. The number of unbranched alkanes of at least 4 members (excludes halogenated alkanes) is 1. The topological polar surface area (TPSA) is 27.1 Å². The Morgan fingerprint density at radius 2 is 2.14 bits per heavy atom. The lowest BCUT2D eigenvalue weighted by molar-refractivity contribution is 0.279. The van der Waals surface area contributed by atoms with E-state index in [2.05, 4.69) is 25.7 Å². The van der Waals surface area contributed by atoms with Crippen molar-refractivity contribution in [1.29, 1.82) is 5.41 Å². The van der Waals surface area contributed by atoms with Crippen LogP contribution in [-0.4, -0.2) is 22.8 Å². The Kier molecular flexibility index (Phi) is 3.57. The lowest BCUT2D eigenvalue weighted by atomic mass is 9.93. The number of rotatable bonds is 3. The number of nitrogens with zero attached hydrogens (tertiary/aromatic N) is 1. The molecule has 0 amide bonds. The summed E-state index contributed by atoms with van der Waals surface area (Å²) in [4.78, 5) is 2.26. The zero-order valence-corrected chi connectivity index (χ0v) is 10.1. The summed E-state index contributed by atoms with van der Waals surface area (Å²) in [5, 5.41) is 7.74. The van der Waals surface area contributed by atoms with Gasteiger partial charge in [-0.2, -0.15) is 0 Å². The van der Waals surface area contributed by atoms with E-state index in [0.29, 0.717) is 0 Å². The molecule has 0 bridgehead atoms. The molecule has 1 rings (SSSR count). The maximum Gasteiger partial charge on any atom is 0.0930 e. The predicted octanol–water partition coefficient (Wildman–Crippen LogP) is 3.27. The van der Waals surface area contributed by atoms with Gasteiger partial charge >= 0.3 is 0 Å². The third-order valence-electron chi connectivity index (χ3n) is 3.33. The fourth-order valence-corrected chi connectivity index (χ4v) is 2.66. The monoisotopic (exact) mass is 196 g/mol. The van der Waals surface area contributed by atoms with E-state index in [0.717, 1.165) is 18.3 Å². The maximum atomic E-state index is 7.74. The van der Waals surface area contributed by atoms with Crippen molar-refractivity contribution in [2.24, 2.45) is 5.92 Å². The van der Waals surface area contributed by atoms with Gasteiger partial charge in [0.2, 0.25) is 0 Å². The standard InChI is InChI=1S/C12H24N2/c1-5-6-7-11-8-12(3,4)14(9-11)10(2)13/h11,13H,5-9H2,1-4H3/t11-/m0/s1. The van der Waals surface area contributed by atoms with Crippen LogP contribution in [0.25, 0.3) is 0 Å². The number of likely N-dealkylation sites (tertiary alicyclic amines) is 1. The molecule has 0 aromatic carbocycles. The summed E-state index contributed by atoms with van der Waals surface area (Å²) < 4.78 is 0. The summed E-state index contributed by atoms with van der Waals surface area (Å²) in [6.07, 6.45) is 5.22. The Balaban J connectivity index is 2.53. The van der Waals surface area contributed by atoms with Gasteiger partial charge in [-0.1, -0.05) is 19.8 Å². The minimum Gasteiger partial charge on any atom is -0.355 e. The maximum absolute atomic E-state index is 7.74. The van der Waals surface area contributed by atoms with E-state index < -0.39 is 0 Å². The molecule has 0 aliphatic carbocycles. The zero-order valence-electron chi connectivity index (χ0n) is 10.1. The number of amidine groups is 1. The van der Waals surface area contributed by atoms with Gasteiger partial charge in [0.15, 0.2) is 0 Å². The molecule has 2 heteroatoms. The number of hydrogen-bond acceptors (Lipinski definition) is 1. The Morgan fingerprint density at radius 1 is 1.50 bits per heavy atom. The van der Waals surface area contributed by atoms with E-state index in [1.807, 2.05) is 6.92 Å². The minimum atomic E-state index is 0.213. The summed E-state index contributed by atoms with van der Waals surface area (Å²) in [5.41, 5.74) is 0.213. The molecule has 0 saturated carbocycles. The molecule has 0 radical (unpaired) electrons. The second kappa shape index (κ2) is 4.33. The molecule has 1 heterocycles. The SMILES string of the molecule is CCCC[C@@H]1CN(C(C)=N)C(C)(C)C1. The molecule has 0 aromatic rings. The molecule has 82 valence electrons. The van der Waals surface area contributed by atoms with E-state index in [1.54, 1.807) is 0 Å². The van der Waals surface area contributed by atoms with Gasteiger partial charge in [-0.25, -0.2) is 0 Å². The quantitative estimate of drug-likeness (QED) is 0.544. The highest BCUT2D eigenvalue weighted by atomic mass is 15.2. The summed E-state index contributed by atoms with van der Waals surface area (Å²) in [6, 6.07) is 0. The van der Waals surface area contributed by atoms with Crippen LogP contribution >= 0.6 is 0 Å². The van der Waals surface area contributed by atoms with Gasteiger partial charge in [-0.3, -0.25) is 5.41 Å². The average Bonchev–Trinajstić information content (AvgIpc) is 2.37. The molecule has 1 fully saturated rings. The van der Waals surface area contributed by atoms with E-state index >= 15 is 0 Å². The van der Waals surface area contributed by atoms with Crippen molar-refractivity contribution < 1.29 is 0 Å². The van der Waals surface area contributed by atoms with Gasteiger partial charge in [0.25, 0.3) is 0 Å². The van der Waals surface area contributed by atoms with E-state index in [9.17, 15) is 0 Å². The second-order valence-corrected chi connectivity index (χ2v) is 5.22. The van der Waals surface area contributed by atoms with Crippen LogP contribution in [0.1, 0.15) is 53.4 Å². The number of hydrogen-bond donors (Lipinski definition) is 1. The van der Waals surface area contributed by atoms with Crippen molar-refractivity contribution in [1.82, 2.24) is 4.90 Å². The van der Waals surface area contributed by atoms with Crippen molar-refractivity contribution in [2.45, 2.75) is 58.9 Å². The van der Waals surface area contributed by atoms with Crippen LogP contribution in [0.4, 0.5) is 0 Å². The molecule has 0 unspecified atom stereocenters. The first kappa shape index (κ1) is 11.5. The smallest absolute Gasteiger partial charge is 0.0930 e. The lowest BCUT2D eigenvalue weighted by Gasteiger charge is -2.32. The zero-order chi connectivity index (χ0) is 10.8. The van der Waals surface area contributed by atoms with Crippen LogP contribution in [0.15, 0.2) is 0 Å². The van der Waals surface area contributed by atoms with Crippen molar-refractivity contribution in [3.8, 4) is 0 Å². The van der Waals surface area contributed by atoms with Crippen LogP contribution in [0.3, 0.4) is 0 Å². The van der Waals surface area contributed by atoms with Crippen molar-refractivity contribution in [3.05, 3.63) is 0 Å². The van der Waals surface area contributed by atoms with Crippen LogP contribution in [0.5, 0.6) is 0 Å². The second-order valence-electron chi connectivity index (χ2n) is 5.22.